The fourth-order valence-corrected chi connectivity index (χ4v) is 3.02. The topological polar surface area (TPSA) is 61.8 Å². The highest BCUT2D eigenvalue weighted by molar-refractivity contribution is 5.85. The van der Waals surface area contributed by atoms with Crippen molar-refractivity contribution in [2.45, 2.75) is 31.7 Å². The average Bonchev–Trinajstić information content (AvgIpc) is 2.88. The largest absolute Gasteiger partial charge is 0.497 e. The van der Waals surface area contributed by atoms with Gasteiger partial charge in [0, 0.05) is 18.6 Å². The zero-order valence-corrected chi connectivity index (χ0v) is 14.7. The number of likely N-dealkylation sites (tertiary alicyclic amines) is 1. The van der Waals surface area contributed by atoms with Crippen LogP contribution in [0.2, 0.25) is 0 Å². The van der Waals surface area contributed by atoms with E-state index in [-0.39, 0.29) is 24.5 Å². The lowest BCUT2D eigenvalue weighted by atomic mass is 10.0. The molecule has 1 aliphatic heterocycles. The van der Waals surface area contributed by atoms with E-state index in [9.17, 15) is 4.79 Å². The van der Waals surface area contributed by atoms with Crippen molar-refractivity contribution in [2.24, 2.45) is 0 Å². The summed E-state index contributed by atoms with van der Waals surface area (Å²) in [7, 11) is 1.69. The van der Waals surface area contributed by atoms with E-state index in [0.717, 1.165) is 44.6 Å². The number of nitrogens with one attached hydrogen (secondary N) is 1. The van der Waals surface area contributed by atoms with E-state index in [2.05, 4.69) is 29.3 Å². The normalized spacial score (nSPS) is 21.0. The molecule has 130 valence electrons. The van der Waals surface area contributed by atoms with Crippen LogP contribution in [0.15, 0.2) is 24.3 Å². The second-order valence-corrected chi connectivity index (χ2v) is 6.29. The first-order valence-corrected chi connectivity index (χ1v) is 7.83. The van der Waals surface area contributed by atoms with Crippen molar-refractivity contribution in [1.82, 2.24) is 10.2 Å². The molecule has 1 atom stereocenters. The van der Waals surface area contributed by atoms with E-state index in [1.807, 2.05) is 12.1 Å². The smallest absolute Gasteiger partial charge is 0.317 e. The van der Waals surface area contributed by atoms with Crippen LogP contribution in [0.4, 0.5) is 0 Å². The Morgan fingerprint density at radius 2 is 2.26 bits per heavy atom. The van der Waals surface area contributed by atoms with E-state index >= 15 is 0 Å². The summed E-state index contributed by atoms with van der Waals surface area (Å²) >= 11 is 0. The molecule has 1 saturated heterocycles. The van der Waals surface area contributed by atoms with Gasteiger partial charge in [0.1, 0.15) is 5.75 Å². The Balaban J connectivity index is 0.00000264. The van der Waals surface area contributed by atoms with Crippen molar-refractivity contribution in [1.29, 1.82) is 0 Å². The third-order valence-electron chi connectivity index (χ3n) is 4.29. The molecule has 0 bridgehead atoms. The molecule has 2 N–H and O–H groups in total. The van der Waals surface area contributed by atoms with E-state index in [1.54, 1.807) is 7.11 Å². The zero-order chi connectivity index (χ0) is 16.0. The van der Waals surface area contributed by atoms with E-state index < -0.39 is 5.97 Å². The van der Waals surface area contributed by atoms with Crippen molar-refractivity contribution < 1.29 is 14.6 Å². The molecule has 2 rings (SSSR count). The molecular formula is C17H27ClN2O3. The lowest BCUT2D eigenvalue weighted by Gasteiger charge is -2.25. The van der Waals surface area contributed by atoms with Gasteiger partial charge in [0.15, 0.2) is 0 Å². The number of hydrogen-bond donors (Lipinski definition) is 2. The van der Waals surface area contributed by atoms with E-state index in [1.165, 1.54) is 5.56 Å². The van der Waals surface area contributed by atoms with E-state index in [0.29, 0.717) is 0 Å². The van der Waals surface area contributed by atoms with Crippen LogP contribution >= 0.6 is 12.4 Å². The molecule has 1 heterocycles. The van der Waals surface area contributed by atoms with Gasteiger partial charge in [-0.15, -0.1) is 12.4 Å². The lowest BCUT2D eigenvalue weighted by molar-refractivity contribution is -0.136. The Morgan fingerprint density at radius 3 is 2.96 bits per heavy atom. The van der Waals surface area contributed by atoms with Crippen molar-refractivity contribution in [3.8, 4) is 5.75 Å². The molecule has 1 unspecified atom stereocenters. The molecule has 0 saturated carbocycles. The molecule has 1 fully saturated rings. The number of ether oxygens (including phenoxy) is 1. The monoisotopic (exact) mass is 342 g/mol. The third-order valence-corrected chi connectivity index (χ3v) is 4.29. The first-order valence-electron chi connectivity index (χ1n) is 7.83. The van der Waals surface area contributed by atoms with Gasteiger partial charge in [0.05, 0.1) is 13.7 Å². The minimum atomic E-state index is -0.794. The Kier molecular flexibility index (Phi) is 7.82. The van der Waals surface area contributed by atoms with Gasteiger partial charge in [-0.3, -0.25) is 4.79 Å². The number of hydrogen-bond acceptors (Lipinski definition) is 4. The highest BCUT2D eigenvalue weighted by Crippen LogP contribution is 2.21. The summed E-state index contributed by atoms with van der Waals surface area (Å²) in [5.74, 6) is 0.113. The van der Waals surface area contributed by atoms with Gasteiger partial charge >= 0.3 is 5.97 Å². The zero-order valence-electron chi connectivity index (χ0n) is 13.9. The number of carboxylic acid groups (broad SMARTS) is 1. The maximum absolute atomic E-state index is 10.7. The summed E-state index contributed by atoms with van der Waals surface area (Å²) in [4.78, 5) is 13.1. The third kappa shape index (κ3) is 6.37. The van der Waals surface area contributed by atoms with E-state index in [4.69, 9.17) is 9.84 Å². The predicted molar refractivity (Wildman–Crippen MR) is 93.7 cm³/mol. The minimum absolute atomic E-state index is 0. The number of halogens is 1. The van der Waals surface area contributed by atoms with Crippen molar-refractivity contribution in [3.63, 3.8) is 0 Å². The lowest BCUT2D eigenvalue weighted by Crippen LogP contribution is -2.47. The molecule has 6 heteroatoms. The van der Waals surface area contributed by atoms with Crippen LogP contribution in [0.5, 0.6) is 5.75 Å². The van der Waals surface area contributed by atoms with Gasteiger partial charge < -0.3 is 20.1 Å². The van der Waals surface area contributed by atoms with Crippen LogP contribution in [-0.4, -0.2) is 54.8 Å². The fourth-order valence-electron chi connectivity index (χ4n) is 3.02. The summed E-state index contributed by atoms with van der Waals surface area (Å²) in [5, 5.41) is 11.9. The van der Waals surface area contributed by atoms with Gasteiger partial charge in [-0.25, -0.2) is 0 Å². The molecule has 0 spiro atoms. The average molecular weight is 343 g/mol. The number of aryl methyl sites for hydroxylation is 1. The summed E-state index contributed by atoms with van der Waals surface area (Å²) in [6, 6.07) is 8.20. The first-order chi connectivity index (χ1) is 10.5. The molecule has 0 radical (unpaired) electrons. The molecule has 0 aliphatic carbocycles. The van der Waals surface area contributed by atoms with Crippen molar-refractivity contribution >= 4 is 18.4 Å². The Bertz CT molecular complexity index is 512. The SMILES string of the molecule is COc1cccc(CCCN2CCC(C)(NCC(=O)O)C2)c1.Cl. The maximum atomic E-state index is 10.7. The summed E-state index contributed by atoms with van der Waals surface area (Å²) in [6.07, 6.45) is 3.13. The highest BCUT2D eigenvalue weighted by Gasteiger charge is 2.33. The van der Waals surface area contributed by atoms with Crippen LogP contribution < -0.4 is 10.1 Å². The molecule has 1 aromatic rings. The van der Waals surface area contributed by atoms with Crippen LogP contribution in [0, 0.1) is 0 Å². The van der Waals surface area contributed by atoms with Crippen molar-refractivity contribution in [2.75, 3.05) is 33.3 Å². The van der Waals surface area contributed by atoms with Crippen LogP contribution in [-0.2, 0) is 11.2 Å². The molecule has 0 amide bonds. The number of nitrogens with zero attached hydrogens (tertiary/aromatic N) is 1. The predicted octanol–water partition coefficient (Wildman–Crippen LogP) is 2.19. The molecule has 1 aromatic carbocycles. The Labute approximate surface area is 144 Å². The summed E-state index contributed by atoms with van der Waals surface area (Å²) in [6.45, 7) is 5.13. The number of aliphatic carboxylic acids is 1. The number of methoxy groups -OCH3 is 1. The number of benzene rings is 1. The molecule has 1 aliphatic rings. The van der Waals surface area contributed by atoms with Gasteiger partial charge in [0.25, 0.3) is 0 Å². The number of carbonyl (C=O) groups is 1. The quantitative estimate of drug-likeness (QED) is 0.758. The van der Waals surface area contributed by atoms with Crippen molar-refractivity contribution in [3.05, 3.63) is 29.8 Å². The number of rotatable bonds is 8. The highest BCUT2D eigenvalue weighted by atomic mass is 35.5. The van der Waals surface area contributed by atoms with Gasteiger partial charge in [-0.2, -0.15) is 0 Å². The molecule has 5 nitrogen and oxygen atoms in total. The van der Waals surface area contributed by atoms with Gasteiger partial charge in [-0.1, -0.05) is 12.1 Å². The number of carboxylic acids is 1. The molecular weight excluding hydrogens is 316 g/mol. The molecule has 0 aromatic heterocycles. The van der Waals surface area contributed by atoms with Crippen LogP contribution in [0.3, 0.4) is 0 Å². The standard InChI is InChI=1S/C17H26N2O3.ClH/c1-17(18-12-16(20)21)8-10-19(13-17)9-4-6-14-5-3-7-15(11-14)22-2;/h3,5,7,11,18H,4,6,8-10,12-13H2,1-2H3,(H,20,21);1H. The molecule has 23 heavy (non-hydrogen) atoms. The first kappa shape index (κ1) is 19.7. The van der Waals surface area contributed by atoms with Crippen LogP contribution in [0.25, 0.3) is 0 Å². The van der Waals surface area contributed by atoms with Gasteiger partial charge in [0.2, 0.25) is 0 Å². The minimum Gasteiger partial charge on any atom is -0.497 e. The summed E-state index contributed by atoms with van der Waals surface area (Å²) in [5.41, 5.74) is 1.22. The Hall–Kier alpha value is -1.30. The Morgan fingerprint density at radius 1 is 1.48 bits per heavy atom. The fraction of sp³-hybridized carbons (Fsp3) is 0.588. The maximum Gasteiger partial charge on any atom is 0.317 e. The second kappa shape index (κ2) is 9.11. The van der Waals surface area contributed by atoms with Gasteiger partial charge in [-0.05, 0) is 50.4 Å². The summed E-state index contributed by atoms with van der Waals surface area (Å²) < 4.78 is 5.24. The van der Waals surface area contributed by atoms with Crippen LogP contribution in [0.1, 0.15) is 25.3 Å². The second-order valence-electron chi connectivity index (χ2n) is 6.29.